The molecule has 0 amide bonds. The Labute approximate surface area is 186 Å². The van der Waals surface area contributed by atoms with E-state index in [2.05, 4.69) is 94.5 Å². The van der Waals surface area contributed by atoms with Crippen molar-refractivity contribution in [2.45, 2.75) is 93.3 Å². The Balaban J connectivity index is 2.22. The van der Waals surface area contributed by atoms with Crippen LogP contribution in [-0.2, 0) is 5.41 Å². The van der Waals surface area contributed by atoms with Gasteiger partial charge in [0.25, 0.3) is 0 Å². The average molecular weight is 425 g/mol. The minimum atomic E-state index is -1.98. The number of hydrogen-bond donors (Lipinski definition) is 1. The maximum Gasteiger partial charge on any atom is 0.118 e. The van der Waals surface area contributed by atoms with Crippen LogP contribution in [0.2, 0.25) is 18.6 Å². The van der Waals surface area contributed by atoms with Crippen molar-refractivity contribution in [1.29, 1.82) is 0 Å². The molecule has 1 fully saturated rings. The van der Waals surface area contributed by atoms with Crippen LogP contribution in [0.5, 0.6) is 5.75 Å². The minimum Gasteiger partial charge on any atom is -0.508 e. The number of aryl methyl sites for hydroxylation is 1. The third-order valence-corrected chi connectivity index (χ3v) is 13.4. The van der Waals surface area contributed by atoms with Gasteiger partial charge >= 0.3 is 0 Å². The molecule has 0 aromatic heterocycles. The van der Waals surface area contributed by atoms with Gasteiger partial charge in [-0.2, -0.15) is 0 Å². The number of hydrogen-bond acceptors (Lipinski definition) is 1. The Hall–Kier alpha value is -1.28. The van der Waals surface area contributed by atoms with Gasteiger partial charge in [0, 0.05) is 0 Å². The first kappa shape index (κ1) is 23.4. The van der Waals surface area contributed by atoms with E-state index in [1.165, 1.54) is 21.9 Å². The molecular formula is C28H44OSi. The van der Waals surface area contributed by atoms with E-state index in [-0.39, 0.29) is 5.41 Å². The van der Waals surface area contributed by atoms with E-state index in [0.717, 1.165) is 5.56 Å². The number of rotatable bonds is 2. The molecule has 0 heterocycles. The van der Waals surface area contributed by atoms with Crippen molar-refractivity contribution in [2.24, 2.45) is 23.7 Å². The Bertz CT molecular complexity index is 925. The Morgan fingerprint density at radius 3 is 1.80 bits per heavy atom. The summed E-state index contributed by atoms with van der Waals surface area (Å²) in [6, 6.07) is 4.50. The molecule has 0 bridgehead atoms. The number of aromatic hydroxyl groups is 1. The first-order valence-corrected chi connectivity index (χ1v) is 14.9. The second kappa shape index (κ2) is 7.40. The SMILES string of the molecule is CC1=C(C)C2C(C)C(C)C([Si](C)(C)c3cc(C)cc(C(C)(C)C)c3O)C2C(C)=C1C. The highest BCUT2D eigenvalue weighted by atomic mass is 28.3. The van der Waals surface area contributed by atoms with Crippen molar-refractivity contribution in [1.82, 2.24) is 0 Å². The topological polar surface area (TPSA) is 20.2 Å². The fourth-order valence-electron chi connectivity index (χ4n) is 6.95. The first-order valence-electron chi connectivity index (χ1n) is 11.8. The molecule has 3 rings (SSSR count). The molecule has 0 aliphatic heterocycles. The van der Waals surface area contributed by atoms with E-state index in [1.807, 2.05) is 0 Å². The van der Waals surface area contributed by atoms with Crippen molar-refractivity contribution in [2.75, 3.05) is 0 Å². The van der Waals surface area contributed by atoms with E-state index in [1.54, 1.807) is 11.1 Å². The van der Waals surface area contributed by atoms with E-state index < -0.39 is 8.07 Å². The second-order valence-electron chi connectivity index (χ2n) is 12.1. The van der Waals surface area contributed by atoms with Gasteiger partial charge in [-0.05, 0) is 91.1 Å². The van der Waals surface area contributed by atoms with Crippen molar-refractivity contribution in [3.05, 3.63) is 45.6 Å². The molecule has 0 spiro atoms. The fraction of sp³-hybridized carbons (Fsp3) is 0.643. The van der Waals surface area contributed by atoms with Crippen molar-refractivity contribution < 1.29 is 5.11 Å². The van der Waals surface area contributed by atoms with Crippen LogP contribution in [0.3, 0.4) is 0 Å². The molecule has 2 heteroatoms. The number of phenols is 1. The van der Waals surface area contributed by atoms with Gasteiger partial charge in [0.2, 0.25) is 0 Å². The summed E-state index contributed by atoms with van der Waals surface area (Å²) in [6.45, 7) is 28.3. The van der Waals surface area contributed by atoms with Gasteiger partial charge in [0.05, 0.1) is 8.07 Å². The molecule has 1 saturated carbocycles. The molecule has 1 aromatic carbocycles. The summed E-state index contributed by atoms with van der Waals surface area (Å²) in [5.74, 6) is 3.17. The number of benzene rings is 1. The van der Waals surface area contributed by atoms with Gasteiger partial charge in [-0.25, -0.2) is 0 Å². The normalized spacial score (nSPS) is 30.2. The summed E-state index contributed by atoms with van der Waals surface area (Å²) in [5.41, 5.74) is 9.20. The average Bonchev–Trinajstić information content (AvgIpc) is 2.90. The second-order valence-corrected chi connectivity index (χ2v) is 16.7. The lowest BCUT2D eigenvalue weighted by Crippen LogP contribution is -2.50. The molecule has 5 unspecified atom stereocenters. The Morgan fingerprint density at radius 2 is 1.30 bits per heavy atom. The third kappa shape index (κ3) is 3.34. The van der Waals surface area contributed by atoms with Crippen LogP contribution in [0.4, 0.5) is 0 Å². The lowest BCUT2D eigenvalue weighted by Gasteiger charge is -2.42. The summed E-state index contributed by atoms with van der Waals surface area (Å²) in [5, 5.41) is 12.8. The predicted octanol–water partition coefficient (Wildman–Crippen LogP) is 7.49. The zero-order chi connectivity index (χ0) is 22.9. The molecular weight excluding hydrogens is 380 g/mol. The van der Waals surface area contributed by atoms with Crippen LogP contribution in [-0.4, -0.2) is 13.2 Å². The maximum absolute atomic E-state index is 11.5. The van der Waals surface area contributed by atoms with Crippen molar-refractivity contribution in [3.63, 3.8) is 0 Å². The molecule has 2 aliphatic carbocycles. The van der Waals surface area contributed by atoms with Crippen LogP contribution in [0, 0.1) is 30.6 Å². The molecule has 1 aromatic rings. The highest BCUT2D eigenvalue weighted by Gasteiger charge is 2.56. The van der Waals surface area contributed by atoms with Crippen LogP contribution in [0.15, 0.2) is 34.4 Å². The van der Waals surface area contributed by atoms with Crippen LogP contribution < -0.4 is 5.19 Å². The summed E-state index contributed by atoms with van der Waals surface area (Å²) in [7, 11) is -1.98. The molecule has 0 radical (unpaired) electrons. The summed E-state index contributed by atoms with van der Waals surface area (Å²) < 4.78 is 0. The van der Waals surface area contributed by atoms with Gasteiger partial charge in [-0.3, -0.25) is 0 Å². The van der Waals surface area contributed by atoms with E-state index in [0.29, 0.717) is 35.0 Å². The molecule has 30 heavy (non-hydrogen) atoms. The zero-order valence-electron chi connectivity index (χ0n) is 21.5. The van der Waals surface area contributed by atoms with E-state index in [9.17, 15) is 5.11 Å². The number of phenolic OH excluding ortho intramolecular Hbond substituents is 1. The number of allylic oxidation sites excluding steroid dienone is 4. The standard InChI is InChI=1S/C28H44OSi/c1-15-13-22(28(8,9)10)26(29)23(14-15)30(11,12)27-21(7)20(6)24-18(4)16(2)17(3)19(5)25(24)27/h13-14,20-21,24-25,27,29H,1-12H3. The Kier molecular flexibility index (Phi) is 5.77. The highest BCUT2D eigenvalue weighted by Crippen LogP contribution is 2.61. The number of fused-ring (bicyclic) bond motifs is 1. The van der Waals surface area contributed by atoms with Gasteiger partial charge < -0.3 is 5.11 Å². The smallest absolute Gasteiger partial charge is 0.118 e. The summed E-state index contributed by atoms with van der Waals surface area (Å²) in [4.78, 5) is 0. The van der Waals surface area contributed by atoms with Crippen molar-refractivity contribution >= 4 is 13.3 Å². The lowest BCUT2D eigenvalue weighted by molar-refractivity contribution is 0.371. The quantitative estimate of drug-likeness (QED) is 0.488. The van der Waals surface area contributed by atoms with Gasteiger partial charge in [-0.15, -0.1) is 0 Å². The highest BCUT2D eigenvalue weighted by molar-refractivity contribution is 6.91. The molecule has 5 atom stereocenters. The predicted molar refractivity (Wildman–Crippen MR) is 134 cm³/mol. The van der Waals surface area contributed by atoms with Crippen molar-refractivity contribution in [3.8, 4) is 5.75 Å². The van der Waals surface area contributed by atoms with E-state index in [4.69, 9.17) is 0 Å². The van der Waals surface area contributed by atoms with Crippen LogP contribution in [0.25, 0.3) is 0 Å². The summed E-state index contributed by atoms with van der Waals surface area (Å²) >= 11 is 0. The van der Waals surface area contributed by atoms with Gasteiger partial charge in [0.1, 0.15) is 5.75 Å². The van der Waals surface area contributed by atoms with Crippen LogP contribution in [0.1, 0.15) is 73.4 Å². The van der Waals surface area contributed by atoms with Gasteiger partial charge in [0.15, 0.2) is 0 Å². The largest absolute Gasteiger partial charge is 0.508 e. The monoisotopic (exact) mass is 424 g/mol. The first-order chi connectivity index (χ1) is 13.6. The zero-order valence-corrected chi connectivity index (χ0v) is 22.5. The maximum atomic E-state index is 11.5. The Morgan fingerprint density at radius 1 is 0.800 bits per heavy atom. The molecule has 1 nitrogen and oxygen atoms in total. The van der Waals surface area contributed by atoms with Crippen LogP contribution >= 0.6 is 0 Å². The van der Waals surface area contributed by atoms with E-state index >= 15 is 0 Å². The minimum absolute atomic E-state index is 0.0554. The molecule has 166 valence electrons. The van der Waals surface area contributed by atoms with Gasteiger partial charge in [-0.1, -0.05) is 76.6 Å². The molecule has 2 aliphatic rings. The molecule has 1 N–H and O–H groups in total. The summed E-state index contributed by atoms with van der Waals surface area (Å²) in [6.07, 6.45) is 0. The fourth-order valence-corrected chi connectivity index (χ4v) is 11.6. The lowest BCUT2D eigenvalue weighted by atomic mass is 9.72. The molecule has 0 saturated heterocycles. The third-order valence-electron chi connectivity index (χ3n) is 9.07.